The van der Waals surface area contributed by atoms with Crippen LogP contribution in [0.3, 0.4) is 0 Å². The van der Waals surface area contributed by atoms with Crippen LogP contribution in [0.4, 0.5) is 35.1 Å². The van der Waals surface area contributed by atoms with E-state index < -0.39 is 46.5 Å². The lowest BCUT2D eigenvalue weighted by Gasteiger charge is -2.02. The number of benzene rings is 4. The lowest BCUT2D eigenvalue weighted by Crippen LogP contribution is -1.97. The van der Waals surface area contributed by atoms with E-state index in [9.17, 15) is 35.1 Å². The molecule has 28 heavy (non-hydrogen) atoms. The van der Waals surface area contributed by atoms with E-state index in [0.717, 1.165) is 12.1 Å². The van der Waals surface area contributed by atoms with Gasteiger partial charge in [-0.1, -0.05) is 36.4 Å². The van der Waals surface area contributed by atoms with E-state index in [1.165, 1.54) is 24.3 Å². The molecule has 0 aliphatic carbocycles. The molecule has 4 aromatic carbocycles. The Balaban J connectivity index is 0.000000161. The third kappa shape index (κ3) is 3.15. The van der Waals surface area contributed by atoms with Gasteiger partial charge in [-0.3, -0.25) is 0 Å². The van der Waals surface area contributed by atoms with Gasteiger partial charge >= 0.3 is 0 Å². The summed E-state index contributed by atoms with van der Waals surface area (Å²) in [6.07, 6.45) is 0. The summed E-state index contributed by atoms with van der Waals surface area (Å²) in [6.45, 7) is 0. The first-order chi connectivity index (χ1) is 13.3. The molecular weight excluding hydrogens is 392 g/mol. The van der Waals surface area contributed by atoms with Crippen molar-refractivity contribution in [1.29, 1.82) is 0 Å². The van der Waals surface area contributed by atoms with Gasteiger partial charge in [0.2, 0.25) is 0 Å². The Morgan fingerprint density at radius 3 is 1.11 bits per heavy atom. The standard InChI is InChI=1S/2C10H3F4/c2*11-7-5-3-1-2-4-6(5)8(12)10(14)9(7)13/h2*1-3H. The number of rotatable bonds is 0. The second-order valence-electron chi connectivity index (χ2n) is 5.43. The molecule has 2 radical (unpaired) electrons. The van der Waals surface area contributed by atoms with E-state index in [2.05, 4.69) is 12.1 Å². The smallest absolute Gasteiger partial charge is 0.198 e. The molecule has 0 aliphatic heterocycles. The zero-order chi connectivity index (χ0) is 20.6. The molecule has 0 atom stereocenters. The average Bonchev–Trinajstić information content (AvgIpc) is 2.73. The maximum Gasteiger partial charge on any atom is 0.198 e. The van der Waals surface area contributed by atoms with Gasteiger partial charge in [0.25, 0.3) is 0 Å². The molecule has 0 spiro atoms. The van der Waals surface area contributed by atoms with E-state index in [4.69, 9.17) is 0 Å². The van der Waals surface area contributed by atoms with Gasteiger partial charge in [0.1, 0.15) is 0 Å². The van der Waals surface area contributed by atoms with Crippen LogP contribution in [0.15, 0.2) is 36.4 Å². The zero-order valence-corrected chi connectivity index (χ0v) is 13.5. The maximum atomic E-state index is 13.0. The summed E-state index contributed by atoms with van der Waals surface area (Å²) in [6, 6.07) is 12.2. The van der Waals surface area contributed by atoms with E-state index in [-0.39, 0.29) is 21.5 Å². The molecule has 0 N–H and O–H groups in total. The molecule has 8 heteroatoms. The monoisotopic (exact) mass is 398 g/mol. The summed E-state index contributed by atoms with van der Waals surface area (Å²) in [5.41, 5.74) is 0. The van der Waals surface area contributed by atoms with Crippen molar-refractivity contribution in [1.82, 2.24) is 0 Å². The van der Waals surface area contributed by atoms with Gasteiger partial charge in [-0.25, -0.2) is 35.1 Å². The van der Waals surface area contributed by atoms with Gasteiger partial charge in [0, 0.05) is 21.5 Å². The molecular formula is C20H6F8. The third-order valence-electron chi connectivity index (χ3n) is 3.78. The average molecular weight is 398 g/mol. The second kappa shape index (κ2) is 7.46. The summed E-state index contributed by atoms with van der Waals surface area (Å²) in [5, 5.41) is -1.40. The van der Waals surface area contributed by atoms with Crippen LogP contribution >= 0.6 is 0 Å². The predicted octanol–water partition coefficient (Wildman–Crippen LogP) is 6.39. The van der Waals surface area contributed by atoms with Crippen LogP contribution in [0.1, 0.15) is 0 Å². The molecule has 0 aromatic heterocycles. The third-order valence-corrected chi connectivity index (χ3v) is 3.78. The molecule has 0 nitrogen and oxygen atoms in total. The highest BCUT2D eigenvalue weighted by Gasteiger charge is 2.20. The number of halogens is 8. The molecule has 0 fully saturated rings. The Morgan fingerprint density at radius 2 is 0.750 bits per heavy atom. The SMILES string of the molecule is Fc1c(F)c(F)c2ccc[c]c2c1F.Fc1c(F)c(F)c2ccc[c]c2c1F. The topological polar surface area (TPSA) is 0 Å². The highest BCUT2D eigenvalue weighted by Crippen LogP contribution is 2.26. The Hall–Kier alpha value is -3.16. The Kier molecular flexibility index (Phi) is 5.22. The second-order valence-corrected chi connectivity index (χ2v) is 5.43. The lowest BCUT2D eigenvalue weighted by atomic mass is 10.1. The van der Waals surface area contributed by atoms with Crippen LogP contribution in [0.2, 0.25) is 0 Å². The van der Waals surface area contributed by atoms with Gasteiger partial charge in [0.15, 0.2) is 46.5 Å². The molecule has 0 amide bonds. The number of hydrogen-bond donors (Lipinski definition) is 0. The molecule has 0 heterocycles. The minimum Gasteiger partial charge on any atom is -0.203 e. The fraction of sp³-hybridized carbons (Fsp3) is 0. The maximum absolute atomic E-state index is 13.0. The van der Waals surface area contributed by atoms with Crippen molar-refractivity contribution >= 4 is 21.5 Å². The minimum absolute atomic E-state index is 0.316. The van der Waals surface area contributed by atoms with Crippen molar-refractivity contribution < 1.29 is 35.1 Å². The van der Waals surface area contributed by atoms with Gasteiger partial charge in [-0.2, -0.15) is 0 Å². The van der Waals surface area contributed by atoms with E-state index in [1.54, 1.807) is 0 Å². The van der Waals surface area contributed by atoms with Gasteiger partial charge in [-0.15, -0.1) is 0 Å². The summed E-state index contributed by atoms with van der Waals surface area (Å²) >= 11 is 0. The van der Waals surface area contributed by atoms with Gasteiger partial charge in [-0.05, 0) is 12.1 Å². The van der Waals surface area contributed by atoms with Crippen molar-refractivity contribution in [3.05, 3.63) is 95.1 Å². The summed E-state index contributed by atoms with van der Waals surface area (Å²) < 4.78 is 103. The van der Waals surface area contributed by atoms with Crippen LogP contribution in [0, 0.1) is 58.7 Å². The van der Waals surface area contributed by atoms with Crippen molar-refractivity contribution in [2.24, 2.45) is 0 Å². The summed E-state index contributed by atoms with van der Waals surface area (Å²) in [4.78, 5) is 0. The van der Waals surface area contributed by atoms with Crippen LogP contribution in [0.25, 0.3) is 21.5 Å². The molecule has 0 bridgehead atoms. The molecule has 4 rings (SSSR count). The van der Waals surface area contributed by atoms with Crippen LogP contribution in [0.5, 0.6) is 0 Å². The first-order valence-electron chi connectivity index (χ1n) is 7.50. The largest absolute Gasteiger partial charge is 0.203 e. The number of hydrogen-bond acceptors (Lipinski definition) is 0. The summed E-state index contributed by atoms with van der Waals surface area (Å²) in [5.74, 6) is -12.8. The first-order valence-corrected chi connectivity index (χ1v) is 7.50. The molecule has 0 saturated carbocycles. The minimum atomic E-state index is -1.81. The van der Waals surface area contributed by atoms with Gasteiger partial charge < -0.3 is 0 Å². The Bertz CT molecular complexity index is 1010. The fourth-order valence-corrected chi connectivity index (χ4v) is 2.44. The van der Waals surface area contributed by atoms with Crippen molar-refractivity contribution in [3.8, 4) is 0 Å². The summed E-state index contributed by atoms with van der Waals surface area (Å²) in [7, 11) is 0. The molecule has 0 unspecified atom stereocenters. The van der Waals surface area contributed by atoms with E-state index >= 15 is 0 Å². The molecule has 4 aromatic rings. The zero-order valence-electron chi connectivity index (χ0n) is 13.5. The Labute approximate surface area is 152 Å². The molecule has 0 aliphatic rings. The molecule has 142 valence electrons. The van der Waals surface area contributed by atoms with Crippen LogP contribution < -0.4 is 0 Å². The predicted molar refractivity (Wildman–Crippen MR) is 85.2 cm³/mol. The van der Waals surface area contributed by atoms with Crippen molar-refractivity contribution in [3.63, 3.8) is 0 Å². The fourth-order valence-electron chi connectivity index (χ4n) is 2.44. The first kappa shape index (κ1) is 19.6. The normalized spacial score (nSPS) is 10.9. The van der Waals surface area contributed by atoms with Crippen molar-refractivity contribution in [2.45, 2.75) is 0 Å². The van der Waals surface area contributed by atoms with Crippen molar-refractivity contribution in [2.75, 3.05) is 0 Å². The van der Waals surface area contributed by atoms with Gasteiger partial charge in [0.05, 0.1) is 0 Å². The van der Waals surface area contributed by atoms with Crippen LogP contribution in [-0.2, 0) is 0 Å². The van der Waals surface area contributed by atoms with Crippen LogP contribution in [-0.4, -0.2) is 0 Å². The highest BCUT2D eigenvalue weighted by molar-refractivity contribution is 5.84. The lowest BCUT2D eigenvalue weighted by molar-refractivity contribution is 0.418. The highest BCUT2D eigenvalue weighted by atomic mass is 19.2. The Morgan fingerprint density at radius 1 is 0.429 bits per heavy atom. The molecule has 0 saturated heterocycles. The van der Waals surface area contributed by atoms with E-state index in [1.807, 2.05) is 0 Å². The number of fused-ring (bicyclic) bond motifs is 2. The quantitative estimate of drug-likeness (QED) is 0.183. The van der Waals surface area contributed by atoms with E-state index in [0.29, 0.717) is 0 Å².